The maximum absolute atomic E-state index is 13.0. The summed E-state index contributed by atoms with van der Waals surface area (Å²) in [6.07, 6.45) is 4.52. The number of halogens is 2. The second-order valence-corrected chi connectivity index (χ2v) is 2.72. The van der Waals surface area contributed by atoms with Crippen molar-refractivity contribution in [3.8, 4) is 0 Å². The van der Waals surface area contributed by atoms with Crippen LogP contribution >= 0.6 is 11.6 Å². The molecule has 0 aliphatic heterocycles. The highest BCUT2D eigenvalue weighted by Crippen LogP contribution is 2.19. The number of rotatable bonds is 3. The number of nitrogens with one attached hydrogen (secondary N) is 3. The summed E-state index contributed by atoms with van der Waals surface area (Å²) in [5.41, 5.74) is 0.0553. The molecule has 0 aliphatic carbocycles. The van der Waals surface area contributed by atoms with E-state index in [2.05, 4.69) is 10.3 Å². The Labute approximate surface area is 80.1 Å². The molecule has 0 radical (unpaired) electrons. The monoisotopic (exact) mass is 201 g/mol. The molecule has 0 aliphatic rings. The van der Waals surface area contributed by atoms with Crippen molar-refractivity contribution in [1.82, 2.24) is 4.98 Å². The zero-order chi connectivity index (χ0) is 9.84. The number of aromatic amines is 1. The Morgan fingerprint density at radius 3 is 3.00 bits per heavy atom. The third-order valence-electron chi connectivity index (χ3n) is 1.45. The Bertz CT molecular complexity index is 343. The number of hydrogen-bond donors (Lipinski definition) is 3. The molecule has 70 valence electrons. The summed E-state index contributed by atoms with van der Waals surface area (Å²) in [6, 6.07) is 0. The molecule has 0 spiro atoms. The van der Waals surface area contributed by atoms with Crippen molar-refractivity contribution in [3.63, 3.8) is 0 Å². The number of H-pyrrole nitrogens is 1. The molecule has 3 N–H and O–H groups in total. The Balaban J connectivity index is 3.00. The van der Waals surface area contributed by atoms with Gasteiger partial charge in [0.15, 0.2) is 5.82 Å². The molecule has 5 heteroatoms. The average molecular weight is 202 g/mol. The topological polar surface area (TPSA) is 51.7 Å². The van der Waals surface area contributed by atoms with Gasteiger partial charge in [-0.1, -0.05) is 17.7 Å². The van der Waals surface area contributed by atoms with Crippen molar-refractivity contribution in [2.24, 2.45) is 0 Å². The van der Waals surface area contributed by atoms with Crippen LogP contribution in [0.5, 0.6) is 0 Å². The molecule has 0 saturated carbocycles. The molecule has 3 nitrogen and oxygen atoms in total. The summed E-state index contributed by atoms with van der Waals surface area (Å²) < 4.78 is 13.0. The van der Waals surface area contributed by atoms with E-state index in [-0.39, 0.29) is 10.7 Å². The van der Waals surface area contributed by atoms with E-state index in [0.717, 1.165) is 6.20 Å². The van der Waals surface area contributed by atoms with Gasteiger partial charge in [0.05, 0.1) is 5.56 Å². The number of anilines is 1. The quantitative estimate of drug-likeness (QED) is 0.647. The summed E-state index contributed by atoms with van der Waals surface area (Å²) in [4.78, 5) is 2.63. The van der Waals surface area contributed by atoms with Crippen LogP contribution < -0.4 is 5.32 Å². The zero-order valence-corrected chi connectivity index (χ0v) is 7.74. The van der Waals surface area contributed by atoms with Crippen molar-refractivity contribution in [2.75, 3.05) is 5.32 Å². The van der Waals surface area contributed by atoms with Gasteiger partial charge in [-0.3, -0.25) is 5.41 Å². The van der Waals surface area contributed by atoms with Crippen LogP contribution in [0.2, 0.25) is 0 Å². The van der Waals surface area contributed by atoms with Gasteiger partial charge >= 0.3 is 0 Å². The van der Waals surface area contributed by atoms with Gasteiger partial charge < -0.3 is 10.3 Å². The molecule has 0 unspecified atom stereocenters. The predicted octanol–water partition coefficient (Wildman–Crippen LogP) is 2.66. The van der Waals surface area contributed by atoms with E-state index in [4.69, 9.17) is 17.0 Å². The summed E-state index contributed by atoms with van der Waals surface area (Å²) >= 11 is 5.39. The molecule has 0 atom stereocenters. The second-order valence-electron chi connectivity index (χ2n) is 2.34. The number of hydrogen-bond acceptors (Lipinski definition) is 2. The first kappa shape index (κ1) is 9.80. The van der Waals surface area contributed by atoms with Crippen molar-refractivity contribution in [3.05, 3.63) is 29.9 Å². The molecule has 0 bridgehead atoms. The molecule has 1 aromatic heterocycles. The van der Waals surface area contributed by atoms with Crippen molar-refractivity contribution >= 4 is 22.6 Å². The standard InChI is InChI=1S/C8H9ClFN3/c1-2-3-12-8-6(7(9)11)5(10)4-13-8/h2-4,11-13H,1H3/b3-2+,11-7?. The molecule has 0 aromatic carbocycles. The molecule has 0 amide bonds. The van der Waals surface area contributed by atoms with Crippen LogP contribution in [0.3, 0.4) is 0 Å². The lowest BCUT2D eigenvalue weighted by Gasteiger charge is -1.99. The molecular weight excluding hydrogens is 193 g/mol. The Kier molecular flexibility index (Phi) is 3.08. The van der Waals surface area contributed by atoms with E-state index >= 15 is 0 Å². The first-order chi connectivity index (χ1) is 6.16. The van der Waals surface area contributed by atoms with Crippen molar-refractivity contribution in [1.29, 1.82) is 5.41 Å². The fourth-order valence-electron chi connectivity index (χ4n) is 0.894. The summed E-state index contributed by atoms with van der Waals surface area (Å²) in [5.74, 6) is -0.150. The highest BCUT2D eigenvalue weighted by Gasteiger charge is 2.13. The minimum absolute atomic E-state index is 0.0553. The molecule has 13 heavy (non-hydrogen) atoms. The molecule has 0 fully saturated rings. The van der Waals surface area contributed by atoms with Gasteiger partial charge in [0, 0.05) is 6.20 Å². The van der Waals surface area contributed by atoms with Crippen LogP contribution in [-0.4, -0.2) is 10.2 Å². The summed E-state index contributed by atoms with van der Waals surface area (Å²) in [7, 11) is 0. The zero-order valence-electron chi connectivity index (χ0n) is 6.99. The maximum atomic E-state index is 13.0. The highest BCUT2D eigenvalue weighted by atomic mass is 35.5. The number of allylic oxidation sites excluding steroid dienone is 1. The molecule has 1 aromatic rings. The Morgan fingerprint density at radius 1 is 1.77 bits per heavy atom. The smallest absolute Gasteiger partial charge is 0.153 e. The lowest BCUT2D eigenvalue weighted by atomic mass is 10.3. The minimum Gasteiger partial charge on any atom is -0.348 e. The van der Waals surface area contributed by atoms with E-state index < -0.39 is 5.82 Å². The van der Waals surface area contributed by atoms with Gasteiger partial charge in [-0.15, -0.1) is 0 Å². The SMILES string of the molecule is C/C=C/Nc1[nH]cc(F)c1C(=N)Cl. The van der Waals surface area contributed by atoms with Gasteiger partial charge in [-0.2, -0.15) is 0 Å². The largest absolute Gasteiger partial charge is 0.348 e. The van der Waals surface area contributed by atoms with Gasteiger partial charge in [0.25, 0.3) is 0 Å². The lowest BCUT2D eigenvalue weighted by molar-refractivity contribution is 0.628. The highest BCUT2D eigenvalue weighted by molar-refractivity contribution is 6.69. The third kappa shape index (κ3) is 2.09. The van der Waals surface area contributed by atoms with Crippen LogP contribution in [0.25, 0.3) is 0 Å². The predicted molar refractivity (Wildman–Crippen MR) is 51.9 cm³/mol. The van der Waals surface area contributed by atoms with E-state index in [0.29, 0.717) is 5.82 Å². The molecule has 1 heterocycles. The fourth-order valence-corrected chi connectivity index (χ4v) is 1.08. The van der Waals surface area contributed by atoms with Crippen LogP contribution in [0.4, 0.5) is 10.2 Å². The van der Waals surface area contributed by atoms with Crippen LogP contribution in [0.1, 0.15) is 12.5 Å². The van der Waals surface area contributed by atoms with E-state index in [1.165, 1.54) is 0 Å². The maximum Gasteiger partial charge on any atom is 0.153 e. The Morgan fingerprint density at radius 2 is 2.46 bits per heavy atom. The van der Waals surface area contributed by atoms with Gasteiger partial charge in [-0.05, 0) is 13.1 Å². The summed E-state index contributed by atoms with van der Waals surface area (Å²) in [5, 5.41) is 9.55. The van der Waals surface area contributed by atoms with Gasteiger partial charge in [0.1, 0.15) is 11.0 Å². The lowest BCUT2D eigenvalue weighted by Crippen LogP contribution is -1.97. The normalized spacial score (nSPS) is 10.7. The molecular formula is C8H9ClFN3. The van der Waals surface area contributed by atoms with Gasteiger partial charge in [0.2, 0.25) is 0 Å². The first-order valence-electron chi connectivity index (χ1n) is 3.65. The van der Waals surface area contributed by atoms with E-state index in [1.54, 1.807) is 12.3 Å². The average Bonchev–Trinajstić information content (AvgIpc) is 2.43. The molecule has 0 saturated heterocycles. The van der Waals surface area contributed by atoms with Crippen LogP contribution in [0.15, 0.2) is 18.5 Å². The van der Waals surface area contributed by atoms with Gasteiger partial charge in [-0.25, -0.2) is 4.39 Å². The second kappa shape index (κ2) is 4.09. The van der Waals surface area contributed by atoms with Crippen molar-refractivity contribution < 1.29 is 4.39 Å². The van der Waals surface area contributed by atoms with E-state index in [9.17, 15) is 4.39 Å². The van der Waals surface area contributed by atoms with Crippen LogP contribution in [0, 0.1) is 11.2 Å². The Hall–Kier alpha value is -1.29. The summed E-state index contributed by atoms with van der Waals surface area (Å²) in [6.45, 7) is 1.82. The molecule has 1 rings (SSSR count). The first-order valence-corrected chi connectivity index (χ1v) is 4.03. The van der Waals surface area contributed by atoms with Crippen LogP contribution in [-0.2, 0) is 0 Å². The fraction of sp³-hybridized carbons (Fsp3) is 0.125. The number of aromatic nitrogens is 1. The minimum atomic E-state index is -0.535. The third-order valence-corrected chi connectivity index (χ3v) is 1.63. The van der Waals surface area contributed by atoms with E-state index in [1.807, 2.05) is 6.92 Å². The van der Waals surface area contributed by atoms with Crippen molar-refractivity contribution in [2.45, 2.75) is 6.92 Å².